The van der Waals surface area contributed by atoms with Crippen molar-refractivity contribution in [1.29, 1.82) is 0 Å². The minimum atomic E-state index is -0.372. The fraction of sp³-hybridized carbons (Fsp3) is 0.0714. The van der Waals surface area contributed by atoms with Crippen LogP contribution in [0.5, 0.6) is 0 Å². The molecule has 3 aromatic rings. The first-order chi connectivity index (χ1) is 10.6. The van der Waals surface area contributed by atoms with Crippen molar-refractivity contribution in [2.75, 3.05) is 0 Å². The van der Waals surface area contributed by atoms with Gasteiger partial charge in [-0.25, -0.2) is 8.78 Å². The van der Waals surface area contributed by atoms with Crippen LogP contribution in [0.25, 0.3) is 5.69 Å². The van der Waals surface area contributed by atoms with Gasteiger partial charge in [0, 0.05) is 10.2 Å². The zero-order valence-corrected chi connectivity index (χ0v) is 13.5. The Kier molecular flexibility index (Phi) is 4.49. The number of halogens is 3. The molecule has 0 unspecified atom stereocenters. The Balaban J connectivity index is 1.81. The molecule has 1 heterocycles. The first-order valence-corrected chi connectivity index (χ1v) is 8.02. The topological polar surface area (TPSA) is 43.6 Å². The predicted molar refractivity (Wildman–Crippen MR) is 82.8 cm³/mol. The van der Waals surface area contributed by atoms with Gasteiger partial charge in [0.1, 0.15) is 11.6 Å². The lowest BCUT2D eigenvalue weighted by Crippen LogP contribution is -2.00. The molecule has 4 nitrogen and oxygen atoms in total. The van der Waals surface area contributed by atoms with E-state index in [-0.39, 0.29) is 11.6 Å². The molecule has 0 aliphatic carbocycles. The zero-order chi connectivity index (χ0) is 15.5. The highest BCUT2D eigenvalue weighted by atomic mass is 79.9. The molecule has 8 heteroatoms. The lowest BCUT2D eigenvalue weighted by molar-refractivity contribution is 0.616. The number of thioether (sulfide) groups is 1. The summed E-state index contributed by atoms with van der Waals surface area (Å²) in [5.41, 5.74) is 1.06. The van der Waals surface area contributed by atoms with Crippen molar-refractivity contribution < 1.29 is 8.78 Å². The first kappa shape index (κ1) is 15.1. The monoisotopic (exact) mass is 382 g/mol. The van der Waals surface area contributed by atoms with Crippen LogP contribution in [0.2, 0.25) is 0 Å². The minimum absolute atomic E-state index is 0.299. The second kappa shape index (κ2) is 6.53. The summed E-state index contributed by atoms with van der Waals surface area (Å²) in [6.45, 7) is 0. The summed E-state index contributed by atoms with van der Waals surface area (Å²) in [4.78, 5) is 0. The normalized spacial score (nSPS) is 10.9. The van der Waals surface area contributed by atoms with E-state index in [0.29, 0.717) is 26.6 Å². The van der Waals surface area contributed by atoms with E-state index in [2.05, 4.69) is 31.5 Å². The Morgan fingerprint density at radius 2 is 2.00 bits per heavy atom. The third-order valence-electron chi connectivity index (χ3n) is 2.87. The van der Waals surface area contributed by atoms with Gasteiger partial charge in [-0.1, -0.05) is 39.8 Å². The summed E-state index contributed by atoms with van der Waals surface area (Å²) in [7, 11) is 0. The molecule has 0 N–H and O–H groups in total. The number of hydrogen-bond acceptors (Lipinski definition) is 4. The lowest BCUT2D eigenvalue weighted by atomic mass is 10.2. The minimum Gasteiger partial charge on any atom is -0.207 e. The highest BCUT2D eigenvalue weighted by Crippen LogP contribution is 2.25. The molecule has 0 atom stereocenters. The van der Waals surface area contributed by atoms with E-state index in [9.17, 15) is 8.78 Å². The summed E-state index contributed by atoms with van der Waals surface area (Å²) in [6, 6.07) is 10.8. The van der Waals surface area contributed by atoms with E-state index in [1.54, 1.807) is 24.3 Å². The van der Waals surface area contributed by atoms with Crippen molar-refractivity contribution >= 4 is 27.7 Å². The summed E-state index contributed by atoms with van der Waals surface area (Å²) >= 11 is 4.49. The largest absolute Gasteiger partial charge is 0.214 e. The number of rotatable bonds is 4. The third-order valence-corrected chi connectivity index (χ3v) is 4.33. The molecule has 0 saturated carbocycles. The fourth-order valence-electron chi connectivity index (χ4n) is 1.82. The maximum atomic E-state index is 13.8. The van der Waals surface area contributed by atoms with Crippen molar-refractivity contribution in [2.24, 2.45) is 0 Å². The van der Waals surface area contributed by atoms with Crippen LogP contribution in [0.3, 0.4) is 0 Å². The van der Waals surface area contributed by atoms with Crippen LogP contribution in [0.1, 0.15) is 5.56 Å². The van der Waals surface area contributed by atoms with Crippen LogP contribution in [0.4, 0.5) is 8.78 Å². The van der Waals surface area contributed by atoms with E-state index in [0.717, 1.165) is 0 Å². The second-order valence-corrected chi connectivity index (χ2v) is 6.24. The Morgan fingerprint density at radius 1 is 1.14 bits per heavy atom. The van der Waals surface area contributed by atoms with Crippen molar-refractivity contribution in [3.63, 3.8) is 0 Å². The maximum Gasteiger partial charge on any atom is 0.214 e. The van der Waals surface area contributed by atoms with E-state index in [1.807, 2.05) is 0 Å². The quantitative estimate of drug-likeness (QED) is 0.639. The average Bonchev–Trinajstić information content (AvgIpc) is 2.95. The van der Waals surface area contributed by atoms with E-state index in [4.69, 9.17) is 0 Å². The average molecular weight is 383 g/mol. The molecule has 0 aliphatic heterocycles. The number of nitrogens with zero attached hydrogens (tertiary/aromatic N) is 4. The van der Waals surface area contributed by atoms with Gasteiger partial charge in [-0.3, -0.25) is 0 Å². The molecule has 0 saturated heterocycles. The molecule has 0 aliphatic rings. The molecule has 3 rings (SSSR count). The second-order valence-electron chi connectivity index (χ2n) is 4.38. The van der Waals surface area contributed by atoms with Gasteiger partial charge in [0.2, 0.25) is 5.16 Å². The Hall–Kier alpha value is -1.80. The maximum absolute atomic E-state index is 13.8. The predicted octanol–water partition coefficient (Wildman–Crippen LogP) is 4.00. The highest BCUT2D eigenvalue weighted by Gasteiger charge is 2.11. The Labute approximate surface area is 137 Å². The van der Waals surface area contributed by atoms with Gasteiger partial charge in [0.05, 0.1) is 5.69 Å². The molecule has 0 amide bonds. The van der Waals surface area contributed by atoms with Gasteiger partial charge >= 0.3 is 0 Å². The van der Waals surface area contributed by atoms with Crippen LogP contribution >= 0.6 is 27.7 Å². The SMILES string of the molecule is Fc1cccc(-n2nnnc2SCc2ccc(Br)cc2F)c1. The van der Waals surface area contributed by atoms with Crippen LogP contribution in [-0.2, 0) is 5.75 Å². The first-order valence-electron chi connectivity index (χ1n) is 6.24. The van der Waals surface area contributed by atoms with Crippen molar-refractivity contribution in [3.8, 4) is 5.69 Å². The number of hydrogen-bond donors (Lipinski definition) is 0. The lowest BCUT2D eigenvalue weighted by Gasteiger charge is -2.05. The smallest absolute Gasteiger partial charge is 0.207 e. The summed E-state index contributed by atoms with van der Waals surface area (Å²) in [6.07, 6.45) is 0. The molecular formula is C14H9BrF2N4S. The number of aromatic nitrogens is 4. The summed E-state index contributed by atoms with van der Waals surface area (Å²) in [5.74, 6) is -0.302. The fourth-order valence-corrected chi connectivity index (χ4v) is 3.03. The molecule has 0 radical (unpaired) electrons. The zero-order valence-electron chi connectivity index (χ0n) is 11.1. The Morgan fingerprint density at radius 3 is 2.77 bits per heavy atom. The van der Waals surface area contributed by atoms with Gasteiger partial charge < -0.3 is 0 Å². The van der Waals surface area contributed by atoms with Gasteiger partial charge in [0.15, 0.2) is 0 Å². The molecule has 0 spiro atoms. The molecule has 22 heavy (non-hydrogen) atoms. The Bertz CT molecular complexity index is 809. The van der Waals surface area contributed by atoms with Crippen LogP contribution in [0.15, 0.2) is 52.1 Å². The number of benzene rings is 2. The van der Waals surface area contributed by atoms with Gasteiger partial charge in [0.25, 0.3) is 0 Å². The standard InChI is InChI=1S/C14H9BrF2N4S/c15-10-5-4-9(13(17)6-10)8-22-14-18-19-20-21(14)12-3-1-2-11(16)7-12/h1-7H,8H2. The van der Waals surface area contributed by atoms with Crippen LogP contribution in [0, 0.1) is 11.6 Å². The van der Waals surface area contributed by atoms with Gasteiger partial charge in [-0.2, -0.15) is 4.68 Å². The van der Waals surface area contributed by atoms with Crippen molar-refractivity contribution in [1.82, 2.24) is 20.2 Å². The molecule has 112 valence electrons. The molecular weight excluding hydrogens is 374 g/mol. The van der Waals surface area contributed by atoms with E-state index < -0.39 is 0 Å². The molecule has 0 bridgehead atoms. The molecule has 1 aromatic heterocycles. The third kappa shape index (κ3) is 3.33. The van der Waals surface area contributed by atoms with Crippen LogP contribution < -0.4 is 0 Å². The van der Waals surface area contributed by atoms with Crippen LogP contribution in [-0.4, -0.2) is 20.2 Å². The highest BCUT2D eigenvalue weighted by molar-refractivity contribution is 9.10. The van der Waals surface area contributed by atoms with Gasteiger partial charge in [-0.15, -0.1) is 5.10 Å². The summed E-state index contributed by atoms with van der Waals surface area (Å²) in [5, 5.41) is 11.8. The van der Waals surface area contributed by atoms with Crippen molar-refractivity contribution in [2.45, 2.75) is 10.9 Å². The van der Waals surface area contributed by atoms with E-state index >= 15 is 0 Å². The number of tetrazole rings is 1. The summed E-state index contributed by atoms with van der Waals surface area (Å²) < 4.78 is 29.2. The van der Waals surface area contributed by atoms with Gasteiger partial charge in [-0.05, 0) is 46.3 Å². The molecule has 2 aromatic carbocycles. The molecule has 0 fully saturated rings. The van der Waals surface area contributed by atoms with Crippen molar-refractivity contribution in [3.05, 3.63) is 64.1 Å². The van der Waals surface area contributed by atoms with E-state index in [1.165, 1.54) is 34.6 Å².